The molecule has 0 aliphatic carbocycles. The van der Waals surface area contributed by atoms with Crippen LogP contribution in [-0.2, 0) is 30.3 Å². The van der Waals surface area contributed by atoms with Crippen molar-refractivity contribution >= 4 is 40.8 Å². The number of anilines is 1. The number of fused-ring (bicyclic) bond motifs is 1. The molecule has 18 nitrogen and oxygen atoms in total. The molecule has 6 N–H and O–H groups in total. The van der Waals surface area contributed by atoms with E-state index in [1.807, 2.05) is 0 Å². The summed E-state index contributed by atoms with van der Waals surface area (Å²) in [5, 5.41) is 32.7. The molecule has 0 bridgehead atoms. The lowest BCUT2D eigenvalue weighted by Crippen LogP contribution is -2.58. The summed E-state index contributed by atoms with van der Waals surface area (Å²) < 4.78 is 18.2. The number of carbonyl (C=O) groups excluding carboxylic acids is 4. The van der Waals surface area contributed by atoms with E-state index in [-0.39, 0.29) is 18.7 Å². The van der Waals surface area contributed by atoms with E-state index in [1.165, 1.54) is 31.3 Å². The number of imidazole rings is 1. The van der Waals surface area contributed by atoms with Gasteiger partial charge in [0.1, 0.15) is 42.0 Å². The molecule has 1 fully saturated rings. The fourth-order valence-corrected chi connectivity index (χ4v) is 5.86. The third-order valence-corrected chi connectivity index (χ3v) is 8.43. The number of alkyl carbamates (subject to hydrolysis) is 1. The van der Waals surface area contributed by atoms with E-state index in [4.69, 9.17) is 14.2 Å². The Labute approximate surface area is 308 Å². The molecule has 6 atom stereocenters. The molecule has 18 heteroatoms. The number of hydrogen-bond donors (Lipinski definition) is 6. The average molecular weight is 742 g/mol. The summed E-state index contributed by atoms with van der Waals surface area (Å²) in [6, 6.07) is 3.53. The van der Waals surface area contributed by atoms with Gasteiger partial charge < -0.3 is 50.6 Å². The molecule has 0 radical (unpaired) electrons. The average Bonchev–Trinajstić information content (AvgIpc) is 3.66. The van der Waals surface area contributed by atoms with Crippen LogP contribution >= 0.6 is 0 Å². The minimum Gasteiger partial charge on any atom is -0.497 e. The Kier molecular flexibility index (Phi) is 13.9. The number of benzene rings is 1. The van der Waals surface area contributed by atoms with Crippen molar-refractivity contribution in [2.24, 2.45) is 0 Å². The van der Waals surface area contributed by atoms with Crippen LogP contribution < -0.4 is 30.9 Å². The minimum atomic E-state index is -1.37. The van der Waals surface area contributed by atoms with E-state index in [1.54, 1.807) is 64.0 Å². The van der Waals surface area contributed by atoms with Crippen LogP contribution in [0.5, 0.6) is 5.75 Å². The first-order chi connectivity index (χ1) is 25.1. The Morgan fingerprint density at radius 1 is 1.02 bits per heavy atom. The maximum Gasteiger partial charge on any atom is 0.408 e. The molecular formula is C35H51N9O9. The maximum absolute atomic E-state index is 14.1. The molecule has 2 aromatic heterocycles. The summed E-state index contributed by atoms with van der Waals surface area (Å²) in [6.07, 6.45) is -0.288. The molecule has 53 heavy (non-hydrogen) atoms. The quantitative estimate of drug-likeness (QED) is 0.110. The van der Waals surface area contributed by atoms with Crippen molar-refractivity contribution in [3.05, 3.63) is 42.5 Å². The van der Waals surface area contributed by atoms with Crippen LogP contribution in [0.3, 0.4) is 0 Å². The summed E-state index contributed by atoms with van der Waals surface area (Å²) in [5.41, 5.74) is 0.692. The minimum absolute atomic E-state index is 0.0243. The lowest BCUT2D eigenvalue weighted by Gasteiger charge is -2.27. The number of unbranched alkanes of at least 4 members (excludes halogenated alkanes) is 1. The Morgan fingerprint density at radius 2 is 1.74 bits per heavy atom. The van der Waals surface area contributed by atoms with E-state index < -0.39 is 66.7 Å². The topological polar surface area (TPSA) is 231 Å². The van der Waals surface area contributed by atoms with Gasteiger partial charge in [0.2, 0.25) is 17.7 Å². The van der Waals surface area contributed by atoms with Crippen LogP contribution in [0, 0.1) is 0 Å². The van der Waals surface area contributed by atoms with Crippen molar-refractivity contribution in [2.75, 3.05) is 39.3 Å². The van der Waals surface area contributed by atoms with Crippen LogP contribution in [0.15, 0.2) is 36.9 Å². The predicted octanol–water partition coefficient (Wildman–Crippen LogP) is 0.564. The van der Waals surface area contributed by atoms with Crippen molar-refractivity contribution < 1.29 is 43.6 Å². The summed E-state index contributed by atoms with van der Waals surface area (Å²) in [4.78, 5) is 66.8. The molecule has 1 unspecified atom stereocenters. The standard InChI is InChI=1S/C35H51N9O9/c1-20(46)36-15-9-8-10-23(41-34(50)53-35(2,3)4)31(48)40-24(16-21-11-13-22(51-7)14-12-21)32(49)42-26-25(17-45)52-33(28(26)47)44-19-39-27-29(43(5)6)37-18-38-30(27)44/h11-14,18-19,23-26,28,33,45,47H,8-10,15-17H2,1-7H3,(H,36,46)(H,40,48)(H,41,50)(H,42,49)/t23-,24?,25+,26+,28+,33+/m0/s1. The number of rotatable bonds is 16. The highest BCUT2D eigenvalue weighted by Gasteiger charge is 2.46. The van der Waals surface area contributed by atoms with Gasteiger partial charge in [0, 0.05) is 34.0 Å². The normalized spacial score (nSPS) is 19.6. The second kappa shape index (κ2) is 18.1. The second-order valence-electron chi connectivity index (χ2n) is 14.0. The molecule has 0 saturated carbocycles. The van der Waals surface area contributed by atoms with E-state index in [2.05, 4.69) is 36.2 Å². The van der Waals surface area contributed by atoms with Gasteiger partial charge in [-0.1, -0.05) is 12.1 Å². The number of aliphatic hydroxyl groups excluding tert-OH is 2. The number of aliphatic hydroxyl groups is 2. The molecule has 4 rings (SSSR count). The number of hydrogen-bond acceptors (Lipinski definition) is 13. The van der Waals surface area contributed by atoms with Gasteiger partial charge in [-0.05, 0) is 57.7 Å². The van der Waals surface area contributed by atoms with Gasteiger partial charge in [0.15, 0.2) is 23.2 Å². The van der Waals surface area contributed by atoms with Crippen molar-refractivity contribution in [1.82, 2.24) is 40.8 Å². The van der Waals surface area contributed by atoms with Crippen LogP contribution in [0.25, 0.3) is 11.2 Å². The number of ether oxygens (including phenoxy) is 3. The first kappa shape index (κ1) is 40.7. The lowest BCUT2D eigenvalue weighted by molar-refractivity contribution is -0.131. The monoisotopic (exact) mass is 741 g/mol. The first-order valence-corrected chi connectivity index (χ1v) is 17.4. The summed E-state index contributed by atoms with van der Waals surface area (Å²) in [7, 11) is 5.14. The van der Waals surface area contributed by atoms with Gasteiger partial charge in [-0.25, -0.2) is 19.7 Å². The molecule has 1 aliphatic heterocycles. The van der Waals surface area contributed by atoms with Crippen molar-refractivity contribution in [2.45, 2.75) is 95.5 Å². The highest BCUT2D eigenvalue weighted by atomic mass is 16.6. The van der Waals surface area contributed by atoms with E-state index >= 15 is 0 Å². The summed E-state index contributed by atoms with van der Waals surface area (Å²) >= 11 is 0. The van der Waals surface area contributed by atoms with Gasteiger partial charge in [0.05, 0.1) is 26.1 Å². The molecule has 1 saturated heterocycles. The fourth-order valence-electron chi connectivity index (χ4n) is 5.86. The van der Waals surface area contributed by atoms with Gasteiger partial charge >= 0.3 is 6.09 Å². The van der Waals surface area contributed by atoms with Crippen LogP contribution in [0.4, 0.5) is 10.6 Å². The molecule has 4 amide bonds. The summed E-state index contributed by atoms with van der Waals surface area (Å²) in [5.74, 6) is -0.357. The lowest BCUT2D eigenvalue weighted by atomic mass is 10.0. The second-order valence-corrected chi connectivity index (χ2v) is 14.0. The predicted molar refractivity (Wildman–Crippen MR) is 193 cm³/mol. The Balaban J connectivity index is 1.57. The largest absolute Gasteiger partial charge is 0.497 e. The van der Waals surface area contributed by atoms with Crippen LogP contribution in [0.1, 0.15) is 58.7 Å². The zero-order valence-electron chi connectivity index (χ0n) is 31.2. The van der Waals surface area contributed by atoms with Gasteiger partial charge in [0.25, 0.3) is 0 Å². The van der Waals surface area contributed by atoms with Gasteiger partial charge in [-0.2, -0.15) is 0 Å². The van der Waals surface area contributed by atoms with Crippen LogP contribution in [-0.4, -0.2) is 124 Å². The number of carbonyl (C=O) groups is 4. The van der Waals surface area contributed by atoms with Crippen molar-refractivity contribution in [3.8, 4) is 5.75 Å². The molecule has 1 aliphatic rings. The van der Waals surface area contributed by atoms with Gasteiger partial charge in [-0.15, -0.1) is 0 Å². The highest BCUT2D eigenvalue weighted by molar-refractivity contribution is 5.91. The molecular weight excluding hydrogens is 690 g/mol. The van der Waals surface area contributed by atoms with Gasteiger partial charge in [-0.3, -0.25) is 19.0 Å². The number of nitrogens with zero attached hydrogens (tertiary/aromatic N) is 5. The van der Waals surface area contributed by atoms with Crippen molar-refractivity contribution in [3.63, 3.8) is 0 Å². The third kappa shape index (κ3) is 11.0. The van der Waals surface area contributed by atoms with E-state index in [9.17, 15) is 29.4 Å². The zero-order chi connectivity index (χ0) is 38.9. The first-order valence-electron chi connectivity index (χ1n) is 17.4. The molecule has 0 spiro atoms. The smallest absolute Gasteiger partial charge is 0.408 e. The van der Waals surface area contributed by atoms with E-state index in [0.29, 0.717) is 47.7 Å². The molecule has 3 heterocycles. The van der Waals surface area contributed by atoms with Crippen molar-refractivity contribution in [1.29, 1.82) is 0 Å². The summed E-state index contributed by atoms with van der Waals surface area (Å²) in [6.45, 7) is 6.33. The highest BCUT2D eigenvalue weighted by Crippen LogP contribution is 2.32. The third-order valence-electron chi connectivity index (χ3n) is 8.43. The number of methoxy groups -OCH3 is 1. The molecule has 290 valence electrons. The number of aromatic nitrogens is 4. The Morgan fingerprint density at radius 3 is 2.36 bits per heavy atom. The maximum atomic E-state index is 14.1. The van der Waals surface area contributed by atoms with E-state index in [0.717, 1.165) is 0 Å². The Bertz CT molecular complexity index is 1710. The van der Waals surface area contributed by atoms with Crippen LogP contribution in [0.2, 0.25) is 0 Å². The Hall–Kier alpha value is -5.07. The fraction of sp³-hybridized carbons (Fsp3) is 0.571. The molecule has 1 aromatic carbocycles. The number of nitrogens with one attached hydrogen (secondary N) is 4. The zero-order valence-corrected chi connectivity index (χ0v) is 31.2. The number of amides is 4. The SMILES string of the molecule is COc1ccc(CC(NC(=O)[C@H](CCCCNC(C)=O)NC(=O)OC(C)(C)C)C(=O)N[C@H]2[C@@H](O)[C@H](n3cnc4c(N(C)C)ncnc43)O[C@@H]2CO)cc1. The molecule has 3 aromatic rings.